The predicted octanol–water partition coefficient (Wildman–Crippen LogP) is 15.4. The van der Waals surface area contributed by atoms with E-state index in [0.717, 1.165) is 94.6 Å². The third-order valence-corrected chi connectivity index (χ3v) is 12.4. The van der Waals surface area contributed by atoms with Gasteiger partial charge >= 0.3 is 0 Å². The van der Waals surface area contributed by atoms with Crippen molar-refractivity contribution in [2.24, 2.45) is 0 Å². The minimum Gasteiger partial charge on any atom is -0.509 e. The summed E-state index contributed by atoms with van der Waals surface area (Å²) in [6.45, 7) is 17.7. The van der Waals surface area contributed by atoms with Gasteiger partial charge in [0, 0.05) is 77.7 Å². The van der Waals surface area contributed by atoms with Gasteiger partial charge in [0.05, 0.1) is 0 Å². The Kier molecular flexibility index (Phi) is 10.1. The van der Waals surface area contributed by atoms with Crippen LogP contribution in [0, 0.1) is 25.7 Å². The molecular formula is C57H47N4O2Pt-3. The zero-order valence-electron chi connectivity index (χ0n) is 36.9. The molecule has 10 aromatic rings. The first kappa shape index (κ1) is 41.4. The topological polar surface area (TPSA) is 46.7 Å². The average molecular weight is 1020 g/mol. The second-order valence-electron chi connectivity index (χ2n) is 18.7. The molecule has 64 heavy (non-hydrogen) atoms. The van der Waals surface area contributed by atoms with Gasteiger partial charge < -0.3 is 23.5 Å². The smallest absolute Gasteiger partial charge is 0.137 e. The van der Waals surface area contributed by atoms with Gasteiger partial charge in [-0.2, -0.15) is 6.07 Å². The Morgan fingerprint density at radius 3 is 2.02 bits per heavy atom. The molecule has 0 saturated carbocycles. The van der Waals surface area contributed by atoms with Crippen molar-refractivity contribution in [1.82, 2.24) is 9.55 Å². The molecule has 0 atom stereocenters. The number of nitrogens with zero attached hydrogens (tertiary/aromatic N) is 4. The van der Waals surface area contributed by atoms with Crippen LogP contribution in [0.3, 0.4) is 0 Å². The number of rotatable bonds is 6. The van der Waals surface area contributed by atoms with Crippen molar-refractivity contribution in [3.63, 3.8) is 0 Å². The molecule has 0 unspecified atom stereocenters. The number of pyridine rings is 1. The Morgan fingerprint density at radius 2 is 1.27 bits per heavy atom. The van der Waals surface area contributed by atoms with Gasteiger partial charge in [0.25, 0.3) is 0 Å². The summed E-state index contributed by atoms with van der Waals surface area (Å²) in [4.78, 5) is 9.55. The first-order chi connectivity index (χ1) is 30.4. The van der Waals surface area contributed by atoms with Crippen LogP contribution in [0.15, 0.2) is 156 Å². The Labute approximate surface area is 389 Å². The van der Waals surface area contributed by atoms with Crippen LogP contribution in [0.2, 0.25) is 0 Å². The van der Waals surface area contributed by atoms with Crippen LogP contribution in [0.4, 0.5) is 22.7 Å². The van der Waals surface area contributed by atoms with E-state index in [2.05, 4.69) is 203 Å². The molecule has 7 heteroatoms. The summed E-state index contributed by atoms with van der Waals surface area (Å²) in [5, 5.41) is 4.37. The van der Waals surface area contributed by atoms with E-state index >= 15 is 0 Å². The predicted molar refractivity (Wildman–Crippen MR) is 259 cm³/mol. The normalized spacial score (nSPS) is 13.0. The minimum absolute atomic E-state index is 0. The van der Waals surface area contributed by atoms with Gasteiger partial charge in [-0.3, -0.25) is 0 Å². The number of aryl methyl sites for hydroxylation is 1. The summed E-state index contributed by atoms with van der Waals surface area (Å²) in [5.41, 5.74) is 13.5. The fraction of sp³-hybridized carbons (Fsp3) is 0.158. The van der Waals surface area contributed by atoms with Gasteiger partial charge in [0.1, 0.15) is 17.0 Å². The molecule has 1 aliphatic rings. The summed E-state index contributed by atoms with van der Waals surface area (Å²) in [6.07, 6.45) is 2.00. The standard InChI is InChI=1S/C57H47N4O2.Pt/c1-36-29-54(58-34-46(36)37-23-25-38(26-24-37)56(2,3)4)61-47-17-10-8-15-43(47)44-28-27-41(33-51(44)61)62-42-31-39(57(5,6)7)30-40(32-42)59-35-60(49-19-12-11-18-48(49)59)50-20-14-22-53-55(50)45-16-9-13-21-52(45)63-53;/h8-31,34-35H,1-7H3;/q-3;. The SMILES string of the molecule is Cc1cc(-n2c3[c-]c(Oc4[c-]c(N5[CH-]N(c6cccc7oc8ccccc8c67)c6ccccc65)cc(C(C)(C)C)c4)ccc3c3ccccc32)ncc1-c1ccc(C(C)(C)C)cc1.[Pt]. The zero-order chi connectivity index (χ0) is 43.2. The largest absolute Gasteiger partial charge is 0.509 e. The van der Waals surface area contributed by atoms with Crippen molar-refractivity contribution in [2.75, 3.05) is 9.80 Å². The van der Waals surface area contributed by atoms with Crippen LogP contribution in [0.1, 0.15) is 58.2 Å². The van der Waals surface area contributed by atoms with Gasteiger partial charge in [-0.15, -0.1) is 53.6 Å². The third-order valence-electron chi connectivity index (χ3n) is 12.4. The molecule has 0 saturated heterocycles. The quantitative estimate of drug-likeness (QED) is 0.155. The van der Waals surface area contributed by atoms with Crippen molar-refractivity contribution in [3.05, 3.63) is 187 Å². The molecule has 4 heterocycles. The first-order valence-corrected chi connectivity index (χ1v) is 21.6. The molecule has 6 nitrogen and oxygen atoms in total. The Hall–Kier alpha value is -6.62. The number of furan rings is 1. The number of fused-ring (bicyclic) bond motifs is 7. The molecule has 7 aromatic carbocycles. The van der Waals surface area contributed by atoms with Crippen molar-refractivity contribution < 1.29 is 30.2 Å². The van der Waals surface area contributed by atoms with Crippen molar-refractivity contribution in [1.29, 1.82) is 0 Å². The van der Waals surface area contributed by atoms with Crippen LogP contribution in [-0.2, 0) is 31.9 Å². The molecule has 320 valence electrons. The van der Waals surface area contributed by atoms with Crippen LogP contribution in [-0.4, -0.2) is 9.55 Å². The molecular weight excluding hydrogens is 968 g/mol. The van der Waals surface area contributed by atoms with Crippen molar-refractivity contribution >= 4 is 66.5 Å². The fourth-order valence-corrected chi connectivity index (χ4v) is 9.00. The molecule has 0 N–H and O–H groups in total. The first-order valence-electron chi connectivity index (χ1n) is 21.6. The number of hydrogen-bond acceptors (Lipinski definition) is 5. The van der Waals surface area contributed by atoms with Gasteiger partial charge in [0.15, 0.2) is 0 Å². The zero-order valence-corrected chi connectivity index (χ0v) is 39.2. The van der Waals surface area contributed by atoms with E-state index in [4.69, 9.17) is 14.1 Å². The Bertz CT molecular complexity index is 3400. The second kappa shape index (κ2) is 15.6. The van der Waals surface area contributed by atoms with E-state index in [1.807, 2.05) is 30.5 Å². The number of para-hydroxylation sites is 4. The molecule has 0 fully saturated rings. The summed E-state index contributed by atoms with van der Waals surface area (Å²) in [6, 6.07) is 58.3. The molecule has 0 spiro atoms. The van der Waals surface area contributed by atoms with E-state index in [1.165, 1.54) is 5.56 Å². The van der Waals surface area contributed by atoms with Crippen LogP contribution in [0.5, 0.6) is 11.5 Å². The fourth-order valence-electron chi connectivity index (χ4n) is 9.00. The maximum atomic E-state index is 6.83. The Morgan fingerprint density at radius 1 is 0.594 bits per heavy atom. The van der Waals surface area contributed by atoms with E-state index in [1.54, 1.807) is 0 Å². The van der Waals surface area contributed by atoms with E-state index in [0.29, 0.717) is 11.5 Å². The van der Waals surface area contributed by atoms with Crippen molar-refractivity contribution in [2.45, 2.75) is 59.3 Å². The summed E-state index contributed by atoms with van der Waals surface area (Å²) < 4.78 is 15.3. The average Bonchev–Trinajstić information content (AvgIpc) is 3.96. The number of hydrogen-bond donors (Lipinski definition) is 0. The van der Waals surface area contributed by atoms with E-state index < -0.39 is 0 Å². The number of anilines is 4. The monoisotopic (exact) mass is 1010 g/mol. The molecule has 0 radical (unpaired) electrons. The number of benzene rings is 7. The maximum Gasteiger partial charge on any atom is 0.137 e. The summed E-state index contributed by atoms with van der Waals surface area (Å²) in [7, 11) is 0. The summed E-state index contributed by atoms with van der Waals surface area (Å²) in [5.74, 6) is 2.04. The minimum atomic E-state index is -0.174. The van der Waals surface area contributed by atoms with Gasteiger partial charge in [0.2, 0.25) is 0 Å². The number of aromatic nitrogens is 2. The van der Waals surface area contributed by atoms with Crippen LogP contribution < -0.4 is 14.5 Å². The molecule has 0 bridgehead atoms. The Balaban J connectivity index is 0.00000484. The maximum absolute atomic E-state index is 6.83. The van der Waals surface area contributed by atoms with Gasteiger partial charge in [-0.1, -0.05) is 126 Å². The van der Waals surface area contributed by atoms with Gasteiger partial charge in [-0.05, 0) is 82.3 Å². The number of ether oxygens (including phenoxy) is 1. The molecule has 11 rings (SSSR count). The molecule has 0 aliphatic carbocycles. The van der Waals surface area contributed by atoms with Gasteiger partial charge in [-0.25, -0.2) is 4.98 Å². The third kappa shape index (κ3) is 7.05. The molecule has 3 aromatic heterocycles. The molecule has 1 aliphatic heterocycles. The van der Waals surface area contributed by atoms with E-state index in [9.17, 15) is 0 Å². The van der Waals surface area contributed by atoms with Crippen molar-refractivity contribution in [3.8, 4) is 28.4 Å². The van der Waals surface area contributed by atoms with E-state index in [-0.39, 0.29) is 31.9 Å². The van der Waals surface area contributed by atoms with Crippen LogP contribution in [0.25, 0.3) is 60.7 Å². The summed E-state index contributed by atoms with van der Waals surface area (Å²) >= 11 is 0. The molecule has 0 amide bonds. The van der Waals surface area contributed by atoms with Crippen LogP contribution >= 0.6 is 0 Å². The second-order valence-corrected chi connectivity index (χ2v) is 18.7.